The van der Waals surface area contributed by atoms with E-state index in [-0.39, 0.29) is 27.0 Å². The number of hydrogen-bond acceptors (Lipinski definition) is 3. The van der Waals surface area contributed by atoms with E-state index in [1.807, 2.05) is 2.78 Å². The van der Waals surface area contributed by atoms with Crippen LogP contribution in [0.15, 0.2) is 17.4 Å². The van der Waals surface area contributed by atoms with Gasteiger partial charge < -0.3 is 0 Å². The predicted octanol–water partition coefficient (Wildman–Crippen LogP) is -2.61. The van der Waals surface area contributed by atoms with Gasteiger partial charge in [0, 0.05) is 0 Å². The second kappa shape index (κ2) is 4.30. The van der Waals surface area contributed by atoms with E-state index in [2.05, 4.69) is 16.9 Å². The van der Waals surface area contributed by atoms with Gasteiger partial charge in [0.15, 0.2) is 0 Å². The third kappa shape index (κ3) is 1.90. The molecular weight excluding hydrogens is 307 g/mol. The molecule has 0 saturated carbocycles. The molecule has 0 amide bonds. The third-order valence-electron chi connectivity index (χ3n) is 1.98. The van der Waals surface area contributed by atoms with Gasteiger partial charge in [0.05, 0.1) is 0 Å². The van der Waals surface area contributed by atoms with Gasteiger partial charge in [0.2, 0.25) is 0 Å². The van der Waals surface area contributed by atoms with E-state index < -0.39 is 0 Å². The zero-order valence-electron chi connectivity index (χ0n) is 8.64. The van der Waals surface area contributed by atoms with Crippen molar-refractivity contribution in [3.05, 3.63) is 23.0 Å². The molecule has 0 saturated heterocycles. The molecule has 0 aliphatic heterocycles. The summed E-state index contributed by atoms with van der Waals surface area (Å²) < 4.78 is 4.68. The summed E-state index contributed by atoms with van der Waals surface area (Å²) in [6, 6.07) is 0. The summed E-state index contributed by atoms with van der Waals surface area (Å²) in [6.07, 6.45) is 4.46. The summed E-state index contributed by atoms with van der Waals surface area (Å²) in [5.41, 5.74) is 1.15. The van der Waals surface area contributed by atoms with Crippen LogP contribution in [-0.2, 0) is 7.05 Å². The van der Waals surface area contributed by atoms with Crippen LogP contribution in [-0.4, -0.2) is 21.7 Å². The topological polar surface area (TPSA) is 52.7 Å². The molecule has 0 atom stereocenters. The van der Waals surface area contributed by atoms with Crippen LogP contribution in [0.1, 0.15) is 13.3 Å². The minimum atomic E-state index is -0.117. The zero-order valence-corrected chi connectivity index (χ0v) is 10.8. The first-order chi connectivity index (χ1) is 7.24. The van der Waals surface area contributed by atoms with Crippen LogP contribution in [0, 0.1) is 0 Å². The Hall–Kier alpha value is -0.920. The van der Waals surface area contributed by atoms with E-state index in [0.29, 0.717) is 5.52 Å². The average molecular weight is 319 g/mol. The normalized spacial score (nSPS) is 11.3. The average Bonchev–Trinajstić information content (AvgIpc) is 2.64. The van der Waals surface area contributed by atoms with E-state index >= 15 is 0 Å². The van der Waals surface area contributed by atoms with E-state index in [4.69, 9.17) is 0 Å². The second-order valence-corrected chi connectivity index (χ2v) is 6.00. The van der Waals surface area contributed by atoms with Gasteiger partial charge >= 0.3 is 97.8 Å². The quantitative estimate of drug-likeness (QED) is 0.460. The number of aryl methyl sites for hydroxylation is 1. The van der Waals surface area contributed by atoms with Gasteiger partial charge in [0.25, 0.3) is 0 Å². The van der Waals surface area contributed by atoms with Gasteiger partial charge in [-0.2, -0.15) is 0 Å². The predicted molar refractivity (Wildman–Crippen MR) is 53.3 cm³/mol. The molecule has 0 unspecified atom stereocenters. The van der Waals surface area contributed by atoms with E-state index in [1.54, 1.807) is 19.7 Å². The van der Waals surface area contributed by atoms with E-state index in [1.165, 1.54) is 8.99 Å². The first kappa shape index (κ1) is 10.6. The Labute approximate surface area is 97.8 Å². The maximum atomic E-state index is 11.7. The zero-order chi connectivity index (χ0) is 10.8. The molecule has 2 aromatic rings. The number of imidazole rings is 1. The summed E-state index contributed by atoms with van der Waals surface area (Å²) in [6.45, 7) is 2.16. The van der Waals surface area contributed by atoms with Crippen LogP contribution in [0.4, 0.5) is 0 Å². The Morgan fingerprint density at radius 2 is 2.20 bits per heavy atom. The molecule has 2 aromatic heterocycles. The standard InChI is InChI=1S/C9H12IN4O/c1-3-4-10-14-6-11-7-8(14)12-5-13(2)9(7)15/h5-6H,3-4H2,1-2H3/q-1. The number of aromatic nitrogens is 4. The number of halogens is 1. The fourth-order valence-corrected chi connectivity index (χ4v) is 3.19. The van der Waals surface area contributed by atoms with Gasteiger partial charge in [0.1, 0.15) is 0 Å². The number of alkyl halides is 1. The van der Waals surface area contributed by atoms with E-state index in [9.17, 15) is 4.79 Å². The third-order valence-corrected chi connectivity index (χ3v) is 4.98. The molecule has 82 valence electrons. The fraction of sp³-hybridized carbons (Fsp3) is 0.444. The van der Waals surface area contributed by atoms with Gasteiger partial charge in [-0.3, -0.25) is 0 Å². The van der Waals surface area contributed by atoms with Gasteiger partial charge in [-0.05, 0) is 0 Å². The number of hydrogen-bond donors (Lipinski definition) is 0. The Morgan fingerprint density at radius 3 is 2.93 bits per heavy atom. The van der Waals surface area contributed by atoms with Crippen molar-refractivity contribution >= 4 is 11.2 Å². The van der Waals surface area contributed by atoms with Crippen molar-refractivity contribution in [1.29, 1.82) is 0 Å². The molecule has 5 nitrogen and oxygen atoms in total. The number of rotatable bonds is 3. The van der Waals surface area contributed by atoms with Crippen molar-refractivity contribution in [1.82, 2.24) is 17.3 Å². The summed E-state index contributed by atoms with van der Waals surface area (Å²) in [4.78, 5) is 20.0. The molecule has 0 fully saturated rings. The maximum absolute atomic E-state index is 11.7. The SMILES string of the molecule is CCC[I-]n1cnc2c(=O)n(C)cnc21. The van der Waals surface area contributed by atoms with Crippen molar-refractivity contribution in [2.75, 3.05) is 4.43 Å². The van der Waals surface area contributed by atoms with Gasteiger partial charge in [-0.25, -0.2) is 0 Å². The van der Waals surface area contributed by atoms with Crippen molar-refractivity contribution in [2.24, 2.45) is 7.05 Å². The molecule has 0 N–H and O–H groups in total. The molecule has 0 radical (unpaired) electrons. The second-order valence-electron chi connectivity index (χ2n) is 3.20. The Bertz CT molecular complexity index is 530. The Morgan fingerprint density at radius 1 is 1.40 bits per heavy atom. The summed E-state index contributed by atoms with van der Waals surface area (Å²) >= 11 is -0.117. The minimum absolute atomic E-state index is 0.0701. The van der Waals surface area contributed by atoms with Crippen LogP contribution in [0.3, 0.4) is 0 Å². The van der Waals surface area contributed by atoms with Crippen molar-refractivity contribution in [3.8, 4) is 0 Å². The van der Waals surface area contributed by atoms with Gasteiger partial charge in [-0.1, -0.05) is 0 Å². The molecule has 6 heteroatoms. The summed E-state index contributed by atoms with van der Waals surface area (Å²) in [5.74, 6) is 0. The van der Waals surface area contributed by atoms with Gasteiger partial charge in [-0.15, -0.1) is 0 Å². The molecule has 0 spiro atoms. The van der Waals surface area contributed by atoms with Crippen LogP contribution >= 0.6 is 0 Å². The summed E-state index contributed by atoms with van der Waals surface area (Å²) in [7, 11) is 1.69. The molecule has 0 bridgehead atoms. The van der Waals surface area contributed by atoms with E-state index in [0.717, 1.165) is 12.1 Å². The van der Waals surface area contributed by atoms with Crippen LogP contribution in [0.5, 0.6) is 0 Å². The molecule has 2 rings (SSSR count). The summed E-state index contributed by atoms with van der Waals surface area (Å²) in [5, 5.41) is 0. The Kier molecular flexibility index (Phi) is 3.03. The first-order valence-corrected chi connectivity index (χ1v) is 7.21. The van der Waals surface area contributed by atoms with Crippen molar-refractivity contribution in [2.45, 2.75) is 13.3 Å². The molecule has 2 heterocycles. The monoisotopic (exact) mass is 319 g/mol. The number of fused-ring (bicyclic) bond motifs is 1. The molecular formula is C9H12IN4O-. The van der Waals surface area contributed by atoms with Crippen LogP contribution in [0.2, 0.25) is 0 Å². The van der Waals surface area contributed by atoms with Crippen LogP contribution in [0.25, 0.3) is 11.2 Å². The number of nitrogens with zero attached hydrogens (tertiary/aromatic N) is 4. The molecule has 0 aliphatic rings. The van der Waals surface area contributed by atoms with Crippen LogP contribution < -0.4 is 27.0 Å². The molecule has 0 aliphatic carbocycles. The van der Waals surface area contributed by atoms with Crippen molar-refractivity contribution in [3.63, 3.8) is 0 Å². The first-order valence-electron chi connectivity index (χ1n) is 4.72. The molecule has 0 aromatic carbocycles. The van der Waals surface area contributed by atoms with Crippen molar-refractivity contribution < 1.29 is 21.5 Å². The fourth-order valence-electron chi connectivity index (χ4n) is 1.21. The molecule has 15 heavy (non-hydrogen) atoms. The Balaban J connectivity index is 2.52.